The molecule has 0 rings (SSSR count). The second-order valence-corrected chi connectivity index (χ2v) is 3.61. The molecule has 0 saturated carbocycles. The molecule has 0 aliphatic carbocycles. The zero-order valence-corrected chi connectivity index (χ0v) is 8.72. The van der Waals surface area contributed by atoms with Gasteiger partial charge in [0.15, 0.2) is 0 Å². The molecular weight excluding hydrogens is 134 g/mol. The van der Waals surface area contributed by atoms with Gasteiger partial charge in [-0.15, -0.1) is 0 Å². The highest BCUT2D eigenvalue weighted by atomic mass is 15.1. The Balaban J connectivity index is 3.81. The summed E-state index contributed by atoms with van der Waals surface area (Å²) >= 11 is 0. The predicted octanol–water partition coefficient (Wildman–Crippen LogP) is 2.76. The topological polar surface area (TPSA) is 3.24 Å². The van der Waals surface area contributed by atoms with Crippen LogP contribution in [0.2, 0.25) is 0 Å². The predicted molar refractivity (Wildman–Crippen MR) is 51.8 cm³/mol. The molecule has 0 aliphatic rings. The van der Waals surface area contributed by atoms with Gasteiger partial charge in [0, 0.05) is 6.04 Å². The fourth-order valence-electron chi connectivity index (χ4n) is 1.36. The molecule has 1 atom stereocenters. The monoisotopic (exact) mass is 157 g/mol. The lowest BCUT2D eigenvalue weighted by atomic mass is 10.0. The lowest BCUT2D eigenvalue weighted by molar-refractivity contribution is 0.177. The van der Waals surface area contributed by atoms with E-state index in [1.54, 1.807) is 0 Å². The van der Waals surface area contributed by atoms with Gasteiger partial charge in [-0.3, -0.25) is 0 Å². The van der Waals surface area contributed by atoms with Crippen LogP contribution in [0, 0.1) is 5.92 Å². The molecular formula is C10H23N. The third-order valence-corrected chi connectivity index (χ3v) is 2.46. The van der Waals surface area contributed by atoms with E-state index < -0.39 is 0 Å². The Hall–Kier alpha value is -0.0400. The third-order valence-electron chi connectivity index (χ3n) is 2.46. The van der Waals surface area contributed by atoms with E-state index in [1.165, 1.54) is 19.5 Å². The summed E-state index contributed by atoms with van der Waals surface area (Å²) in [5.41, 5.74) is 0. The van der Waals surface area contributed by atoms with Crippen molar-refractivity contribution in [3.05, 3.63) is 0 Å². The van der Waals surface area contributed by atoms with Gasteiger partial charge in [-0.25, -0.2) is 0 Å². The first-order valence-electron chi connectivity index (χ1n) is 4.87. The minimum absolute atomic E-state index is 0.736. The van der Waals surface area contributed by atoms with Crippen LogP contribution in [0.5, 0.6) is 0 Å². The maximum atomic E-state index is 2.55. The summed E-state index contributed by atoms with van der Waals surface area (Å²) in [5.74, 6) is 0.779. The molecule has 0 amide bonds. The fraction of sp³-hybridized carbons (Fsp3) is 1.00. The van der Waals surface area contributed by atoms with Crippen LogP contribution in [0.1, 0.15) is 41.0 Å². The molecule has 0 heterocycles. The normalized spacial score (nSPS) is 14.5. The van der Waals surface area contributed by atoms with Gasteiger partial charge in [0.25, 0.3) is 0 Å². The molecule has 0 aromatic carbocycles. The van der Waals surface area contributed by atoms with Crippen molar-refractivity contribution < 1.29 is 0 Å². The molecule has 0 radical (unpaired) electrons. The van der Waals surface area contributed by atoms with Crippen molar-refractivity contribution in [1.29, 1.82) is 0 Å². The summed E-state index contributed by atoms with van der Waals surface area (Å²) < 4.78 is 0. The molecule has 0 bridgehead atoms. The highest BCUT2D eigenvalue weighted by Gasteiger charge is 2.13. The van der Waals surface area contributed by atoms with Crippen LogP contribution < -0.4 is 0 Å². The average molecular weight is 157 g/mol. The van der Waals surface area contributed by atoms with Crippen molar-refractivity contribution in [2.75, 3.05) is 13.1 Å². The Morgan fingerprint density at radius 3 is 1.91 bits per heavy atom. The fourth-order valence-corrected chi connectivity index (χ4v) is 1.36. The van der Waals surface area contributed by atoms with Gasteiger partial charge in [0.05, 0.1) is 0 Å². The second-order valence-electron chi connectivity index (χ2n) is 3.61. The molecule has 1 nitrogen and oxygen atoms in total. The van der Waals surface area contributed by atoms with Gasteiger partial charge in [-0.2, -0.15) is 0 Å². The molecule has 1 unspecified atom stereocenters. The largest absolute Gasteiger partial charge is 0.301 e. The number of rotatable bonds is 5. The van der Waals surface area contributed by atoms with E-state index in [9.17, 15) is 0 Å². The van der Waals surface area contributed by atoms with Gasteiger partial charge in [0.1, 0.15) is 0 Å². The van der Waals surface area contributed by atoms with E-state index in [0.717, 1.165) is 12.0 Å². The molecule has 0 aromatic rings. The number of hydrogen-bond acceptors (Lipinski definition) is 1. The number of nitrogens with zero attached hydrogens (tertiary/aromatic N) is 1. The SMILES string of the molecule is CCCN(CC)C(C)C(C)C. The quantitative estimate of drug-likeness (QED) is 0.593. The van der Waals surface area contributed by atoms with E-state index >= 15 is 0 Å². The molecule has 0 saturated heterocycles. The van der Waals surface area contributed by atoms with Crippen LogP contribution in [0.15, 0.2) is 0 Å². The average Bonchev–Trinajstić information content (AvgIpc) is 1.98. The Labute approximate surface area is 71.8 Å². The van der Waals surface area contributed by atoms with Crippen molar-refractivity contribution in [2.24, 2.45) is 5.92 Å². The van der Waals surface area contributed by atoms with Gasteiger partial charge in [0.2, 0.25) is 0 Å². The van der Waals surface area contributed by atoms with Crippen LogP contribution in [-0.2, 0) is 0 Å². The molecule has 0 fully saturated rings. The maximum absolute atomic E-state index is 2.55. The van der Waals surface area contributed by atoms with Crippen LogP contribution >= 0.6 is 0 Å². The lowest BCUT2D eigenvalue weighted by Crippen LogP contribution is -2.36. The summed E-state index contributed by atoms with van der Waals surface area (Å²) in [6, 6.07) is 0.736. The van der Waals surface area contributed by atoms with Crippen LogP contribution in [0.3, 0.4) is 0 Å². The summed E-state index contributed by atoms with van der Waals surface area (Å²) in [6.45, 7) is 13.8. The van der Waals surface area contributed by atoms with Crippen molar-refractivity contribution in [2.45, 2.75) is 47.1 Å². The van der Waals surface area contributed by atoms with Crippen LogP contribution in [0.25, 0.3) is 0 Å². The van der Waals surface area contributed by atoms with Crippen LogP contribution in [-0.4, -0.2) is 24.0 Å². The molecule has 0 N–H and O–H groups in total. The molecule has 11 heavy (non-hydrogen) atoms. The first-order chi connectivity index (χ1) is 5.13. The molecule has 0 aliphatic heterocycles. The van der Waals surface area contributed by atoms with Crippen LogP contribution in [0.4, 0.5) is 0 Å². The third kappa shape index (κ3) is 3.76. The van der Waals surface area contributed by atoms with E-state index in [-0.39, 0.29) is 0 Å². The first kappa shape index (κ1) is 11.0. The van der Waals surface area contributed by atoms with Gasteiger partial charge < -0.3 is 4.90 Å². The number of hydrogen-bond donors (Lipinski definition) is 0. The van der Waals surface area contributed by atoms with Gasteiger partial charge in [-0.1, -0.05) is 27.7 Å². The van der Waals surface area contributed by atoms with Crippen molar-refractivity contribution in [3.8, 4) is 0 Å². The Bertz CT molecular complexity index is 88.9. The second kappa shape index (κ2) is 5.59. The molecule has 0 spiro atoms. The van der Waals surface area contributed by atoms with Crippen molar-refractivity contribution in [3.63, 3.8) is 0 Å². The smallest absolute Gasteiger partial charge is 0.00898 e. The highest BCUT2D eigenvalue weighted by Crippen LogP contribution is 2.09. The highest BCUT2D eigenvalue weighted by molar-refractivity contribution is 4.68. The van der Waals surface area contributed by atoms with E-state index in [4.69, 9.17) is 0 Å². The Kier molecular flexibility index (Phi) is 5.57. The Morgan fingerprint density at radius 2 is 1.64 bits per heavy atom. The summed E-state index contributed by atoms with van der Waals surface area (Å²) in [6.07, 6.45) is 1.27. The maximum Gasteiger partial charge on any atom is 0.00898 e. The molecule has 1 heteroatoms. The summed E-state index contributed by atoms with van der Waals surface area (Å²) in [5, 5.41) is 0. The zero-order valence-electron chi connectivity index (χ0n) is 8.72. The van der Waals surface area contributed by atoms with E-state index in [0.29, 0.717) is 0 Å². The van der Waals surface area contributed by atoms with Gasteiger partial charge >= 0.3 is 0 Å². The van der Waals surface area contributed by atoms with Gasteiger partial charge in [-0.05, 0) is 32.4 Å². The summed E-state index contributed by atoms with van der Waals surface area (Å²) in [7, 11) is 0. The minimum Gasteiger partial charge on any atom is -0.301 e. The lowest BCUT2D eigenvalue weighted by Gasteiger charge is -2.30. The van der Waals surface area contributed by atoms with E-state index in [2.05, 4.69) is 39.5 Å². The summed E-state index contributed by atoms with van der Waals surface area (Å²) in [4.78, 5) is 2.55. The standard InChI is InChI=1S/C10H23N/c1-6-8-11(7-2)10(5)9(3)4/h9-10H,6-8H2,1-5H3. The first-order valence-corrected chi connectivity index (χ1v) is 4.87. The molecule has 68 valence electrons. The van der Waals surface area contributed by atoms with Crippen molar-refractivity contribution >= 4 is 0 Å². The minimum atomic E-state index is 0.736. The Morgan fingerprint density at radius 1 is 1.09 bits per heavy atom. The van der Waals surface area contributed by atoms with E-state index in [1.807, 2.05) is 0 Å². The molecule has 0 aromatic heterocycles. The van der Waals surface area contributed by atoms with Crippen molar-refractivity contribution in [1.82, 2.24) is 4.90 Å². The zero-order chi connectivity index (χ0) is 8.85.